The van der Waals surface area contributed by atoms with E-state index >= 15 is 0 Å². The van der Waals surface area contributed by atoms with Gasteiger partial charge in [-0.3, -0.25) is 0 Å². The minimum Gasteiger partial charge on any atom is -0.491 e. The van der Waals surface area contributed by atoms with Gasteiger partial charge in [0.15, 0.2) is 0 Å². The summed E-state index contributed by atoms with van der Waals surface area (Å²) in [4.78, 5) is 0. The quantitative estimate of drug-likeness (QED) is 0.769. The van der Waals surface area contributed by atoms with Crippen molar-refractivity contribution in [3.05, 3.63) is 29.6 Å². The number of nitrogens with one attached hydrogen (secondary N) is 1. The fourth-order valence-corrected chi connectivity index (χ4v) is 1.15. The van der Waals surface area contributed by atoms with Gasteiger partial charge >= 0.3 is 0 Å². The van der Waals surface area contributed by atoms with Crippen molar-refractivity contribution in [3.63, 3.8) is 0 Å². The molecule has 1 rings (SSSR count). The summed E-state index contributed by atoms with van der Waals surface area (Å²) < 4.78 is 18.3. The highest BCUT2D eigenvalue weighted by Crippen LogP contribution is 2.15. The monoisotopic (exact) mass is 213 g/mol. The topological polar surface area (TPSA) is 41.5 Å². The molecule has 0 fully saturated rings. The van der Waals surface area contributed by atoms with Gasteiger partial charge in [0.25, 0.3) is 0 Å². The molecular formula is C11H16FNO2. The molecule has 0 saturated heterocycles. The smallest absolute Gasteiger partial charge is 0.129 e. The first kappa shape index (κ1) is 11.9. The van der Waals surface area contributed by atoms with Crippen LogP contribution in [-0.4, -0.2) is 31.4 Å². The van der Waals surface area contributed by atoms with Crippen LogP contribution in [0.4, 0.5) is 4.39 Å². The van der Waals surface area contributed by atoms with Crippen LogP contribution in [0.25, 0.3) is 0 Å². The summed E-state index contributed by atoms with van der Waals surface area (Å²) in [6, 6.07) is 4.65. The number of aryl methyl sites for hydroxylation is 1. The van der Waals surface area contributed by atoms with Crippen LogP contribution >= 0.6 is 0 Å². The van der Waals surface area contributed by atoms with Gasteiger partial charge in [0.1, 0.15) is 24.3 Å². The van der Waals surface area contributed by atoms with Crippen LogP contribution in [0.5, 0.6) is 5.75 Å². The van der Waals surface area contributed by atoms with Crippen molar-refractivity contribution in [2.45, 2.75) is 13.0 Å². The first-order valence-electron chi connectivity index (χ1n) is 4.85. The highest BCUT2D eigenvalue weighted by molar-refractivity contribution is 5.27. The van der Waals surface area contributed by atoms with E-state index in [9.17, 15) is 9.50 Å². The van der Waals surface area contributed by atoms with E-state index < -0.39 is 6.10 Å². The lowest BCUT2D eigenvalue weighted by atomic mass is 10.2. The fraction of sp³-hybridized carbons (Fsp3) is 0.455. The van der Waals surface area contributed by atoms with Gasteiger partial charge in [0.05, 0.1) is 0 Å². The second-order valence-electron chi connectivity index (χ2n) is 3.43. The molecule has 3 nitrogen and oxygen atoms in total. The van der Waals surface area contributed by atoms with Crippen LogP contribution < -0.4 is 10.1 Å². The van der Waals surface area contributed by atoms with Crippen molar-refractivity contribution in [2.75, 3.05) is 20.2 Å². The number of benzene rings is 1. The van der Waals surface area contributed by atoms with Crippen molar-refractivity contribution in [1.82, 2.24) is 5.32 Å². The molecule has 0 aromatic heterocycles. The molecule has 4 heteroatoms. The fourth-order valence-electron chi connectivity index (χ4n) is 1.15. The number of ether oxygens (including phenoxy) is 1. The van der Waals surface area contributed by atoms with E-state index in [2.05, 4.69) is 5.32 Å². The normalized spacial score (nSPS) is 12.5. The van der Waals surface area contributed by atoms with Gasteiger partial charge in [-0.2, -0.15) is 0 Å². The molecule has 2 N–H and O–H groups in total. The van der Waals surface area contributed by atoms with Crippen molar-refractivity contribution < 1.29 is 14.2 Å². The molecule has 1 atom stereocenters. The molecule has 1 aromatic carbocycles. The number of halogens is 1. The summed E-state index contributed by atoms with van der Waals surface area (Å²) in [5.74, 6) is 0.142. The van der Waals surface area contributed by atoms with Gasteiger partial charge in [-0.1, -0.05) is 6.07 Å². The maximum atomic E-state index is 13.1. The molecule has 1 unspecified atom stereocenters. The summed E-state index contributed by atoms with van der Waals surface area (Å²) in [7, 11) is 1.74. The van der Waals surface area contributed by atoms with E-state index in [1.54, 1.807) is 26.1 Å². The number of likely N-dealkylation sites (N-methyl/N-ethyl adjacent to an activating group) is 1. The Morgan fingerprint density at radius 2 is 2.27 bits per heavy atom. The molecule has 0 aliphatic heterocycles. The van der Waals surface area contributed by atoms with Gasteiger partial charge in [0, 0.05) is 12.6 Å². The summed E-state index contributed by atoms with van der Waals surface area (Å²) in [6.45, 7) is 2.30. The molecule has 0 spiro atoms. The lowest BCUT2D eigenvalue weighted by Crippen LogP contribution is -2.29. The zero-order valence-electron chi connectivity index (χ0n) is 8.96. The molecule has 84 valence electrons. The van der Waals surface area contributed by atoms with Crippen LogP contribution in [0, 0.1) is 12.7 Å². The second-order valence-corrected chi connectivity index (χ2v) is 3.43. The van der Waals surface area contributed by atoms with Crippen LogP contribution in [0.1, 0.15) is 5.56 Å². The van der Waals surface area contributed by atoms with Crippen molar-refractivity contribution >= 4 is 0 Å². The van der Waals surface area contributed by atoms with Gasteiger partial charge in [-0.15, -0.1) is 0 Å². The maximum absolute atomic E-state index is 13.1. The van der Waals surface area contributed by atoms with Gasteiger partial charge in [0.2, 0.25) is 0 Å². The SMILES string of the molecule is CNCC(O)COc1ccc(C)c(F)c1. The zero-order chi connectivity index (χ0) is 11.3. The Hall–Kier alpha value is -1.13. The van der Waals surface area contributed by atoms with Crippen LogP contribution in [0.2, 0.25) is 0 Å². The van der Waals surface area contributed by atoms with E-state index in [0.29, 0.717) is 17.9 Å². The first-order valence-corrected chi connectivity index (χ1v) is 4.85. The Bertz CT molecular complexity index is 317. The number of aliphatic hydroxyl groups is 1. The molecular weight excluding hydrogens is 197 g/mol. The lowest BCUT2D eigenvalue weighted by Gasteiger charge is -2.12. The summed E-state index contributed by atoms with van der Waals surface area (Å²) in [5.41, 5.74) is 0.582. The molecule has 0 heterocycles. The van der Waals surface area contributed by atoms with Crippen LogP contribution in [0.15, 0.2) is 18.2 Å². The van der Waals surface area contributed by atoms with Crippen LogP contribution in [0.3, 0.4) is 0 Å². The Balaban J connectivity index is 2.47. The molecule has 0 amide bonds. The molecule has 0 aliphatic carbocycles. The predicted molar refractivity (Wildman–Crippen MR) is 56.6 cm³/mol. The third-order valence-corrected chi connectivity index (χ3v) is 2.03. The zero-order valence-corrected chi connectivity index (χ0v) is 8.96. The first-order chi connectivity index (χ1) is 7.13. The number of hydrogen-bond acceptors (Lipinski definition) is 3. The summed E-state index contributed by atoms with van der Waals surface area (Å²) in [5, 5.41) is 12.2. The largest absolute Gasteiger partial charge is 0.491 e. The standard InChI is InChI=1S/C11H16FNO2/c1-8-3-4-10(5-11(8)12)15-7-9(14)6-13-2/h3-5,9,13-14H,6-7H2,1-2H3. The van der Waals surface area contributed by atoms with Crippen molar-refractivity contribution in [3.8, 4) is 5.75 Å². The average Bonchev–Trinajstić information content (AvgIpc) is 2.20. The molecule has 0 saturated carbocycles. The Morgan fingerprint density at radius 1 is 1.53 bits per heavy atom. The molecule has 1 aromatic rings. The van der Waals surface area contributed by atoms with E-state index in [4.69, 9.17) is 4.74 Å². The highest BCUT2D eigenvalue weighted by Gasteiger charge is 2.05. The Labute approximate surface area is 88.9 Å². The molecule has 0 aliphatic rings. The Kier molecular flexibility index (Phi) is 4.52. The predicted octanol–water partition coefficient (Wildman–Crippen LogP) is 1.09. The van der Waals surface area contributed by atoms with Crippen molar-refractivity contribution in [1.29, 1.82) is 0 Å². The summed E-state index contributed by atoms with van der Waals surface area (Å²) >= 11 is 0. The van der Waals surface area contributed by atoms with Gasteiger partial charge in [-0.05, 0) is 25.6 Å². The summed E-state index contributed by atoms with van der Waals surface area (Å²) in [6.07, 6.45) is -0.584. The number of rotatable bonds is 5. The van der Waals surface area contributed by atoms with Crippen molar-refractivity contribution in [2.24, 2.45) is 0 Å². The van der Waals surface area contributed by atoms with Gasteiger partial charge < -0.3 is 15.2 Å². The third-order valence-electron chi connectivity index (χ3n) is 2.03. The maximum Gasteiger partial charge on any atom is 0.129 e. The number of hydrogen-bond donors (Lipinski definition) is 2. The van der Waals surface area contributed by atoms with E-state index in [-0.39, 0.29) is 12.4 Å². The minimum atomic E-state index is -0.584. The van der Waals surface area contributed by atoms with Crippen LogP contribution in [-0.2, 0) is 0 Å². The van der Waals surface area contributed by atoms with Gasteiger partial charge in [-0.25, -0.2) is 4.39 Å². The minimum absolute atomic E-state index is 0.156. The van der Waals surface area contributed by atoms with E-state index in [1.807, 2.05) is 0 Å². The number of aliphatic hydroxyl groups excluding tert-OH is 1. The Morgan fingerprint density at radius 3 is 2.87 bits per heavy atom. The molecule has 0 bridgehead atoms. The highest BCUT2D eigenvalue weighted by atomic mass is 19.1. The third kappa shape index (κ3) is 3.85. The van der Waals surface area contributed by atoms with E-state index in [1.165, 1.54) is 6.07 Å². The van der Waals surface area contributed by atoms with E-state index in [0.717, 1.165) is 0 Å². The molecule has 0 radical (unpaired) electrons. The second kappa shape index (κ2) is 5.68. The molecule has 15 heavy (non-hydrogen) atoms. The lowest BCUT2D eigenvalue weighted by molar-refractivity contribution is 0.108. The average molecular weight is 213 g/mol.